The van der Waals surface area contributed by atoms with E-state index in [2.05, 4.69) is 24.0 Å². The Morgan fingerprint density at radius 2 is 2.11 bits per heavy atom. The van der Waals surface area contributed by atoms with Crippen LogP contribution in [0.2, 0.25) is 5.02 Å². The van der Waals surface area contributed by atoms with Crippen LogP contribution in [-0.4, -0.2) is 37.2 Å². The molecule has 1 aliphatic heterocycles. The van der Waals surface area contributed by atoms with Crippen LogP contribution in [0.25, 0.3) is 0 Å². The molecule has 0 radical (unpaired) electrons. The molecular weight excluding hydrogens is 260 g/mol. The van der Waals surface area contributed by atoms with Crippen molar-refractivity contribution in [3.63, 3.8) is 0 Å². The first-order valence-corrected chi connectivity index (χ1v) is 7.20. The summed E-state index contributed by atoms with van der Waals surface area (Å²) in [5, 5.41) is 0.764. The van der Waals surface area contributed by atoms with Gasteiger partial charge in [-0.3, -0.25) is 4.90 Å². The van der Waals surface area contributed by atoms with E-state index in [0.717, 1.165) is 31.0 Å². The first-order chi connectivity index (χ1) is 9.08. The van der Waals surface area contributed by atoms with E-state index in [9.17, 15) is 0 Å². The molecule has 1 saturated heterocycles. The molecule has 0 saturated carbocycles. The van der Waals surface area contributed by atoms with E-state index in [1.54, 1.807) is 7.11 Å². The Kier molecular flexibility index (Phi) is 4.85. The van der Waals surface area contributed by atoms with E-state index in [0.29, 0.717) is 6.54 Å². The highest BCUT2D eigenvalue weighted by Gasteiger charge is 2.33. The van der Waals surface area contributed by atoms with E-state index in [1.807, 2.05) is 12.1 Å². The van der Waals surface area contributed by atoms with Crippen LogP contribution in [0.4, 0.5) is 0 Å². The fraction of sp³-hybridized carbons (Fsp3) is 0.600. The first-order valence-electron chi connectivity index (χ1n) is 6.83. The Morgan fingerprint density at radius 1 is 1.42 bits per heavy atom. The number of benzene rings is 1. The molecule has 2 N–H and O–H groups in total. The topological polar surface area (TPSA) is 38.5 Å². The Morgan fingerprint density at radius 3 is 2.68 bits per heavy atom. The van der Waals surface area contributed by atoms with Gasteiger partial charge in [0, 0.05) is 31.3 Å². The van der Waals surface area contributed by atoms with Gasteiger partial charge in [0.15, 0.2) is 0 Å². The van der Waals surface area contributed by atoms with Crippen molar-refractivity contribution >= 4 is 11.6 Å². The third-order valence-electron chi connectivity index (χ3n) is 4.10. The van der Waals surface area contributed by atoms with Gasteiger partial charge in [0.1, 0.15) is 0 Å². The van der Waals surface area contributed by atoms with Gasteiger partial charge in [-0.2, -0.15) is 0 Å². The van der Waals surface area contributed by atoms with Gasteiger partial charge in [0.25, 0.3) is 0 Å². The van der Waals surface area contributed by atoms with Crippen molar-refractivity contribution in [2.24, 2.45) is 5.73 Å². The van der Waals surface area contributed by atoms with Crippen molar-refractivity contribution in [1.82, 2.24) is 4.90 Å². The second kappa shape index (κ2) is 6.23. The highest BCUT2D eigenvalue weighted by Crippen LogP contribution is 2.30. The van der Waals surface area contributed by atoms with Gasteiger partial charge in [0.2, 0.25) is 0 Å². The summed E-state index contributed by atoms with van der Waals surface area (Å²) in [4.78, 5) is 2.43. The Bertz CT molecular complexity index is 409. The molecule has 2 rings (SSSR count). The standard InChI is InChI=1S/C15H23ClN2O/c1-15(19-2)8-3-9-18(11-15)14(10-17)12-4-6-13(16)7-5-12/h4-7,14H,3,8-11,17H2,1-2H3. The highest BCUT2D eigenvalue weighted by atomic mass is 35.5. The zero-order valence-corrected chi connectivity index (χ0v) is 12.5. The summed E-state index contributed by atoms with van der Waals surface area (Å²) in [6.45, 7) is 4.79. The second-order valence-corrected chi connectivity index (χ2v) is 5.97. The van der Waals surface area contributed by atoms with Gasteiger partial charge in [0.05, 0.1) is 5.60 Å². The molecule has 19 heavy (non-hydrogen) atoms. The number of hydrogen-bond donors (Lipinski definition) is 1. The van der Waals surface area contributed by atoms with Gasteiger partial charge in [-0.1, -0.05) is 23.7 Å². The molecular formula is C15H23ClN2O. The Labute approximate surface area is 120 Å². The first kappa shape index (κ1) is 14.8. The van der Waals surface area contributed by atoms with Crippen LogP contribution < -0.4 is 5.73 Å². The molecule has 3 nitrogen and oxygen atoms in total. The smallest absolute Gasteiger partial charge is 0.0777 e. The minimum absolute atomic E-state index is 0.0574. The van der Waals surface area contributed by atoms with Crippen molar-refractivity contribution in [2.45, 2.75) is 31.4 Å². The van der Waals surface area contributed by atoms with Crippen LogP contribution in [0.3, 0.4) is 0 Å². The lowest BCUT2D eigenvalue weighted by Gasteiger charge is -2.43. The normalized spacial score (nSPS) is 26.3. The minimum atomic E-state index is -0.0574. The van der Waals surface area contributed by atoms with Crippen molar-refractivity contribution < 1.29 is 4.74 Å². The number of methoxy groups -OCH3 is 1. The summed E-state index contributed by atoms with van der Waals surface area (Å²) in [5.41, 5.74) is 7.16. The number of halogens is 1. The monoisotopic (exact) mass is 282 g/mol. The van der Waals surface area contributed by atoms with Crippen molar-refractivity contribution in [3.05, 3.63) is 34.9 Å². The zero-order valence-electron chi connectivity index (χ0n) is 11.7. The van der Waals surface area contributed by atoms with Gasteiger partial charge >= 0.3 is 0 Å². The highest BCUT2D eigenvalue weighted by molar-refractivity contribution is 6.30. The van der Waals surface area contributed by atoms with Crippen LogP contribution >= 0.6 is 11.6 Å². The zero-order chi connectivity index (χ0) is 13.9. The number of nitrogens with two attached hydrogens (primary N) is 1. The Balaban J connectivity index is 2.15. The van der Waals surface area contributed by atoms with Crippen molar-refractivity contribution in [2.75, 3.05) is 26.7 Å². The maximum Gasteiger partial charge on any atom is 0.0777 e. The fourth-order valence-electron chi connectivity index (χ4n) is 2.86. The lowest BCUT2D eigenvalue weighted by molar-refractivity contribution is -0.0608. The maximum absolute atomic E-state index is 5.99. The Hall–Kier alpha value is -0.610. The maximum atomic E-state index is 5.99. The van der Waals surface area contributed by atoms with E-state index in [1.165, 1.54) is 5.56 Å². The molecule has 0 spiro atoms. The summed E-state index contributed by atoms with van der Waals surface area (Å²) >= 11 is 5.95. The summed E-state index contributed by atoms with van der Waals surface area (Å²) in [5.74, 6) is 0. The predicted octanol–water partition coefficient (Wildman–Crippen LogP) is 2.84. The van der Waals surface area contributed by atoms with Crippen LogP contribution in [0.1, 0.15) is 31.4 Å². The van der Waals surface area contributed by atoms with E-state index < -0.39 is 0 Å². The van der Waals surface area contributed by atoms with Gasteiger partial charge in [-0.05, 0) is 44.0 Å². The van der Waals surface area contributed by atoms with Crippen LogP contribution in [0.5, 0.6) is 0 Å². The molecule has 0 bridgehead atoms. The minimum Gasteiger partial charge on any atom is -0.377 e. The molecule has 1 aromatic carbocycles. The van der Waals surface area contributed by atoms with Crippen LogP contribution in [-0.2, 0) is 4.74 Å². The van der Waals surface area contributed by atoms with Gasteiger partial charge in [-0.25, -0.2) is 0 Å². The van der Waals surface area contributed by atoms with E-state index in [4.69, 9.17) is 22.1 Å². The lowest BCUT2D eigenvalue weighted by atomic mass is 9.92. The quantitative estimate of drug-likeness (QED) is 0.923. The van der Waals surface area contributed by atoms with Gasteiger partial charge < -0.3 is 10.5 Å². The fourth-order valence-corrected chi connectivity index (χ4v) is 2.98. The van der Waals surface area contributed by atoms with Crippen LogP contribution in [0, 0.1) is 0 Å². The number of piperidine rings is 1. The molecule has 0 amide bonds. The molecule has 4 heteroatoms. The molecule has 0 aliphatic carbocycles. The predicted molar refractivity (Wildman–Crippen MR) is 79.5 cm³/mol. The molecule has 1 fully saturated rings. The number of nitrogens with zero attached hydrogens (tertiary/aromatic N) is 1. The lowest BCUT2D eigenvalue weighted by Crippen LogP contribution is -2.49. The molecule has 1 aromatic rings. The summed E-state index contributed by atoms with van der Waals surface area (Å²) in [6.07, 6.45) is 2.26. The largest absolute Gasteiger partial charge is 0.377 e. The summed E-state index contributed by atoms with van der Waals surface area (Å²) in [7, 11) is 1.79. The number of hydrogen-bond acceptors (Lipinski definition) is 3. The SMILES string of the molecule is COC1(C)CCCN(C(CN)c2ccc(Cl)cc2)C1. The molecule has 2 atom stereocenters. The molecule has 106 valence electrons. The average molecular weight is 283 g/mol. The molecule has 0 aromatic heterocycles. The molecule has 1 aliphatic rings. The van der Waals surface area contributed by atoms with Gasteiger partial charge in [-0.15, -0.1) is 0 Å². The third-order valence-corrected chi connectivity index (χ3v) is 4.35. The summed E-state index contributed by atoms with van der Waals surface area (Å²) in [6, 6.07) is 8.24. The van der Waals surface area contributed by atoms with E-state index in [-0.39, 0.29) is 11.6 Å². The van der Waals surface area contributed by atoms with Crippen molar-refractivity contribution in [3.8, 4) is 0 Å². The van der Waals surface area contributed by atoms with E-state index >= 15 is 0 Å². The number of ether oxygens (including phenoxy) is 1. The van der Waals surface area contributed by atoms with Crippen LogP contribution in [0.15, 0.2) is 24.3 Å². The second-order valence-electron chi connectivity index (χ2n) is 5.53. The number of rotatable bonds is 4. The number of likely N-dealkylation sites (tertiary alicyclic amines) is 1. The average Bonchev–Trinajstić information content (AvgIpc) is 2.42. The molecule has 2 unspecified atom stereocenters. The van der Waals surface area contributed by atoms with Crippen molar-refractivity contribution in [1.29, 1.82) is 0 Å². The summed E-state index contributed by atoms with van der Waals surface area (Å²) < 4.78 is 5.65. The third kappa shape index (κ3) is 3.48. The molecule has 1 heterocycles.